The van der Waals surface area contributed by atoms with E-state index < -0.39 is 0 Å². The van der Waals surface area contributed by atoms with Gasteiger partial charge in [0.1, 0.15) is 5.15 Å². The molecule has 1 fully saturated rings. The molecule has 19 heavy (non-hydrogen) atoms. The molecule has 1 aliphatic rings. The van der Waals surface area contributed by atoms with Crippen molar-refractivity contribution in [2.75, 3.05) is 33.7 Å². The van der Waals surface area contributed by atoms with Crippen LogP contribution in [0.5, 0.6) is 0 Å². The fourth-order valence-corrected chi connectivity index (χ4v) is 2.64. The fourth-order valence-electron chi connectivity index (χ4n) is 2.47. The van der Waals surface area contributed by atoms with E-state index in [1.165, 1.54) is 0 Å². The summed E-state index contributed by atoms with van der Waals surface area (Å²) in [6, 6.07) is 3.33. The molecule has 0 radical (unpaired) electrons. The lowest BCUT2D eigenvalue weighted by molar-refractivity contribution is 0.0747. The molecule has 0 bridgehead atoms. The summed E-state index contributed by atoms with van der Waals surface area (Å²) in [4.78, 5) is 20.3. The highest BCUT2D eigenvalue weighted by atomic mass is 35.5. The van der Waals surface area contributed by atoms with Crippen LogP contribution in [0, 0.1) is 5.92 Å². The van der Waals surface area contributed by atoms with Crippen LogP contribution in [0.25, 0.3) is 0 Å². The van der Waals surface area contributed by atoms with Gasteiger partial charge in [0, 0.05) is 25.4 Å². The molecule has 5 heteroatoms. The molecule has 104 valence electrons. The minimum absolute atomic E-state index is 0.0169. The highest BCUT2D eigenvalue weighted by Gasteiger charge is 2.21. The first-order valence-corrected chi connectivity index (χ1v) is 6.99. The minimum atomic E-state index is 0.0169. The largest absolute Gasteiger partial charge is 0.341 e. The first-order chi connectivity index (χ1) is 9.06. The summed E-state index contributed by atoms with van der Waals surface area (Å²) >= 11 is 5.81. The van der Waals surface area contributed by atoms with Gasteiger partial charge in [-0.15, -0.1) is 0 Å². The van der Waals surface area contributed by atoms with Crippen LogP contribution in [-0.4, -0.2) is 54.4 Å². The Bertz CT molecular complexity index is 444. The molecule has 1 amide bonds. The standard InChI is InChI=1S/C14H20ClN3O/c1-17-7-4-11(5-8-17)10-18(2)14(19)12-3-6-16-13(15)9-12/h3,6,9,11H,4-5,7-8,10H2,1-2H3. The molecular weight excluding hydrogens is 262 g/mol. The van der Waals surface area contributed by atoms with E-state index in [1.54, 1.807) is 23.2 Å². The topological polar surface area (TPSA) is 36.4 Å². The first kappa shape index (κ1) is 14.3. The zero-order valence-corrected chi connectivity index (χ0v) is 12.2. The Morgan fingerprint density at radius 2 is 2.21 bits per heavy atom. The Kier molecular flexibility index (Phi) is 4.77. The van der Waals surface area contributed by atoms with Crippen molar-refractivity contribution in [3.05, 3.63) is 29.0 Å². The third-order valence-electron chi connectivity index (χ3n) is 3.69. The SMILES string of the molecule is CN1CCC(CN(C)C(=O)c2ccnc(Cl)c2)CC1. The molecule has 2 rings (SSSR count). The average molecular weight is 282 g/mol. The van der Waals surface area contributed by atoms with Crippen LogP contribution in [0.4, 0.5) is 0 Å². The van der Waals surface area contributed by atoms with Gasteiger partial charge in [-0.1, -0.05) is 11.6 Å². The van der Waals surface area contributed by atoms with Crippen molar-refractivity contribution >= 4 is 17.5 Å². The summed E-state index contributed by atoms with van der Waals surface area (Å²) in [5, 5.41) is 0.360. The van der Waals surface area contributed by atoms with E-state index in [0.29, 0.717) is 16.6 Å². The number of pyridine rings is 1. The third kappa shape index (κ3) is 3.91. The number of carbonyl (C=O) groups is 1. The molecule has 1 aliphatic heterocycles. The van der Waals surface area contributed by atoms with Crippen LogP contribution in [0.1, 0.15) is 23.2 Å². The van der Waals surface area contributed by atoms with Gasteiger partial charge in [0.05, 0.1) is 0 Å². The van der Waals surface area contributed by atoms with Crippen LogP contribution < -0.4 is 0 Å². The van der Waals surface area contributed by atoms with E-state index in [2.05, 4.69) is 16.9 Å². The van der Waals surface area contributed by atoms with Gasteiger partial charge in [-0.05, 0) is 51.0 Å². The second-order valence-corrected chi connectivity index (χ2v) is 5.69. The van der Waals surface area contributed by atoms with E-state index >= 15 is 0 Å². The van der Waals surface area contributed by atoms with Gasteiger partial charge < -0.3 is 9.80 Å². The van der Waals surface area contributed by atoms with Crippen molar-refractivity contribution < 1.29 is 4.79 Å². The second kappa shape index (κ2) is 6.35. The third-order valence-corrected chi connectivity index (χ3v) is 3.90. The quantitative estimate of drug-likeness (QED) is 0.797. The highest BCUT2D eigenvalue weighted by Crippen LogP contribution is 2.18. The maximum atomic E-state index is 12.3. The highest BCUT2D eigenvalue weighted by molar-refractivity contribution is 6.29. The number of carbonyl (C=O) groups excluding carboxylic acids is 1. The normalized spacial score (nSPS) is 17.4. The molecule has 2 heterocycles. The molecule has 0 spiro atoms. The number of piperidine rings is 1. The van der Waals surface area contributed by atoms with Crippen LogP contribution in [0.3, 0.4) is 0 Å². The molecule has 0 atom stereocenters. The molecule has 1 aromatic rings. The van der Waals surface area contributed by atoms with Gasteiger partial charge in [-0.3, -0.25) is 4.79 Å². The van der Waals surface area contributed by atoms with E-state index in [4.69, 9.17) is 11.6 Å². The molecule has 0 aliphatic carbocycles. The van der Waals surface area contributed by atoms with Gasteiger partial charge in [0.15, 0.2) is 0 Å². The van der Waals surface area contributed by atoms with Crippen molar-refractivity contribution in [3.63, 3.8) is 0 Å². The predicted molar refractivity (Wildman–Crippen MR) is 76.4 cm³/mol. The summed E-state index contributed by atoms with van der Waals surface area (Å²) in [5.74, 6) is 0.616. The van der Waals surface area contributed by atoms with Crippen LogP contribution >= 0.6 is 11.6 Å². The Labute approximate surface area is 119 Å². The van der Waals surface area contributed by atoms with E-state index in [9.17, 15) is 4.79 Å². The van der Waals surface area contributed by atoms with Gasteiger partial charge in [0.25, 0.3) is 5.91 Å². The zero-order chi connectivity index (χ0) is 13.8. The lowest BCUT2D eigenvalue weighted by atomic mass is 9.96. The van der Waals surface area contributed by atoms with Crippen LogP contribution in [-0.2, 0) is 0 Å². The molecule has 0 N–H and O–H groups in total. The number of hydrogen-bond acceptors (Lipinski definition) is 3. The Morgan fingerprint density at radius 3 is 2.84 bits per heavy atom. The summed E-state index contributed by atoms with van der Waals surface area (Å²) in [7, 11) is 4.00. The number of amides is 1. The monoisotopic (exact) mass is 281 g/mol. The number of aromatic nitrogens is 1. The summed E-state index contributed by atoms with van der Waals surface area (Å²) in [6.07, 6.45) is 3.88. The second-order valence-electron chi connectivity index (χ2n) is 5.30. The fraction of sp³-hybridized carbons (Fsp3) is 0.571. The lowest BCUT2D eigenvalue weighted by Gasteiger charge is -2.31. The van der Waals surface area contributed by atoms with Gasteiger partial charge >= 0.3 is 0 Å². The number of hydrogen-bond donors (Lipinski definition) is 0. The van der Waals surface area contributed by atoms with Crippen molar-refractivity contribution in [2.45, 2.75) is 12.8 Å². The number of likely N-dealkylation sites (tertiary alicyclic amines) is 1. The first-order valence-electron chi connectivity index (χ1n) is 6.62. The van der Waals surface area contributed by atoms with E-state index in [-0.39, 0.29) is 5.91 Å². The van der Waals surface area contributed by atoms with Gasteiger partial charge in [-0.25, -0.2) is 4.98 Å². The van der Waals surface area contributed by atoms with Crippen LogP contribution in [0.15, 0.2) is 18.3 Å². The predicted octanol–water partition coefficient (Wildman–Crippen LogP) is 2.15. The molecule has 0 saturated carbocycles. The van der Waals surface area contributed by atoms with Crippen LogP contribution in [0.2, 0.25) is 5.15 Å². The van der Waals surface area contributed by atoms with E-state index in [1.807, 2.05) is 7.05 Å². The van der Waals surface area contributed by atoms with Crippen molar-refractivity contribution in [1.82, 2.24) is 14.8 Å². The molecule has 1 aromatic heterocycles. The van der Waals surface area contributed by atoms with Crippen molar-refractivity contribution in [1.29, 1.82) is 0 Å². The maximum Gasteiger partial charge on any atom is 0.253 e. The minimum Gasteiger partial charge on any atom is -0.341 e. The summed E-state index contributed by atoms with van der Waals surface area (Å²) in [6.45, 7) is 3.05. The zero-order valence-electron chi connectivity index (χ0n) is 11.5. The average Bonchev–Trinajstić information content (AvgIpc) is 2.40. The van der Waals surface area contributed by atoms with Gasteiger partial charge in [0.2, 0.25) is 0 Å². The molecule has 1 saturated heterocycles. The van der Waals surface area contributed by atoms with Gasteiger partial charge in [-0.2, -0.15) is 0 Å². The van der Waals surface area contributed by atoms with E-state index in [0.717, 1.165) is 32.5 Å². The smallest absolute Gasteiger partial charge is 0.253 e. The lowest BCUT2D eigenvalue weighted by Crippen LogP contribution is -2.37. The summed E-state index contributed by atoms with van der Waals surface area (Å²) < 4.78 is 0. The Balaban J connectivity index is 1.92. The number of halogens is 1. The number of nitrogens with zero attached hydrogens (tertiary/aromatic N) is 3. The Hall–Kier alpha value is -1.13. The summed E-state index contributed by atoms with van der Waals surface area (Å²) in [5.41, 5.74) is 0.607. The maximum absolute atomic E-state index is 12.3. The molecule has 4 nitrogen and oxygen atoms in total. The Morgan fingerprint density at radius 1 is 1.53 bits per heavy atom. The number of rotatable bonds is 3. The molecular formula is C14H20ClN3O. The molecule has 0 aromatic carbocycles. The molecule has 0 unspecified atom stereocenters. The van der Waals surface area contributed by atoms with Crippen molar-refractivity contribution in [2.24, 2.45) is 5.92 Å². The van der Waals surface area contributed by atoms with Crippen molar-refractivity contribution in [3.8, 4) is 0 Å².